The van der Waals surface area contributed by atoms with Gasteiger partial charge in [-0.15, -0.1) is 0 Å². The van der Waals surface area contributed by atoms with E-state index in [0.29, 0.717) is 18.1 Å². The number of hydrogen-bond donors (Lipinski definition) is 3. The van der Waals surface area contributed by atoms with Crippen molar-refractivity contribution in [1.29, 1.82) is 0 Å². The fourth-order valence-electron chi connectivity index (χ4n) is 2.17. The van der Waals surface area contributed by atoms with E-state index in [0.717, 1.165) is 30.5 Å². The average molecular weight is 268 g/mol. The molecule has 1 aliphatic rings. The maximum Gasteiger partial charge on any atom is 0.237 e. The van der Waals surface area contributed by atoms with Crippen molar-refractivity contribution in [2.75, 3.05) is 6.54 Å². The zero-order valence-electron chi connectivity index (χ0n) is 10.2. The third-order valence-corrected chi connectivity index (χ3v) is 3.45. The number of carbonyl (C=O) groups is 1. The quantitative estimate of drug-likeness (QED) is 0.767. The molecule has 1 saturated heterocycles. The van der Waals surface area contributed by atoms with Crippen LogP contribution in [0.3, 0.4) is 0 Å². The number of nitrogens with one attached hydrogen (secondary N) is 2. The average Bonchev–Trinajstić information content (AvgIpc) is 2.90. The van der Waals surface area contributed by atoms with Gasteiger partial charge in [0, 0.05) is 18.1 Å². The minimum atomic E-state index is -0.0505. The highest BCUT2D eigenvalue weighted by Gasteiger charge is 2.21. The van der Waals surface area contributed by atoms with Crippen molar-refractivity contribution in [3.8, 4) is 0 Å². The van der Waals surface area contributed by atoms with E-state index in [1.165, 1.54) is 0 Å². The van der Waals surface area contributed by atoms with Crippen molar-refractivity contribution < 1.29 is 4.79 Å². The van der Waals surface area contributed by atoms with E-state index in [2.05, 4.69) is 10.6 Å². The molecule has 1 amide bonds. The third-order valence-electron chi connectivity index (χ3n) is 3.22. The van der Waals surface area contributed by atoms with Gasteiger partial charge < -0.3 is 16.4 Å². The van der Waals surface area contributed by atoms with Gasteiger partial charge in [0.25, 0.3) is 0 Å². The van der Waals surface area contributed by atoms with Crippen molar-refractivity contribution in [3.63, 3.8) is 0 Å². The molecule has 18 heavy (non-hydrogen) atoms. The van der Waals surface area contributed by atoms with Crippen LogP contribution in [-0.4, -0.2) is 18.5 Å². The maximum absolute atomic E-state index is 11.9. The first-order valence-corrected chi connectivity index (χ1v) is 6.57. The Morgan fingerprint density at radius 3 is 3.00 bits per heavy atom. The number of nitrogens with two attached hydrogens (primary N) is 1. The Morgan fingerprint density at radius 2 is 2.33 bits per heavy atom. The molecule has 4 N–H and O–H groups in total. The number of carbonyl (C=O) groups excluding carboxylic acids is 1. The minimum absolute atomic E-state index is 0.0505. The van der Waals surface area contributed by atoms with Crippen molar-refractivity contribution in [2.45, 2.75) is 32.0 Å². The van der Waals surface area contributed by atoms with E-state index < -0.39 is 0 Å². The molecule has 0 bridgehead atoms. The molecule has 1 aromatic rings. The number of benzene rings is 1. The second kappa shape index (κ2) is 6.18. The second-order valence-electron chi connectivity index (χ2n) is 4.48. The Kier molecular flexibility index (Phi) is 4.58. The Labute approximate surface area is 112 Å². The van der Waals surface area contributed by atoms with Gasteiger partial charge in [0.05, 0.1) is 6.04 Å². The highest BCUT2D eigenvalue weighted by atomic mass is 35.5. The smallest absolute Gasteiger partial charge is 0.237 e. The van der Waals surface area contributed by atoms with Crippen LogP contribution in [0.1, 0.15) is 24.0 Å². The SMILES string of the molecule is NCc1ccc(Cl)cc1CNC(=O)[C@@H]1CCCN1. The van der Waals surface area contributed by atoms with Crippen LogP contribution in [0.25, 0.3) is 0 Å². The fraction of sp³-hybridized carbons (Fsp3) is 0.462. The van der Waals surface area contributed by atoms with Crippen LogP contribution >= 0.6 is 11.6 Å². The van der Waals surface area contributed by atoms with Gasteiger partial charge >= 0.3 is 0 Å². The lowest BCUT2D eigenvalue weighted by molar-refractivity contribution is -0.122. The molecule has 1 fully saturated rings. The van der Waals surface area contributed by atoms with E-state index >= 15 is 0 Å². The Morgan fingerprint density at radius 1 is 1.50 bits per heavy atom. The van der Waals surface area contributed by atoms with Crippen molar-refractivity contribution in [2.24, 2.45) is 5.73 Å². The zero-order chi connectivity index (χ0) is 13.0. The van der Waals surface area contributed by atoms with Crippen molar-refractivity contribution in [3.05, 3.63) is 34.3 Å². The van der Waals surface area contributed by atoms with E-state index in [1.807, 2.05) is 18.2 Å². The van der Waals surface area contributed by atoms with Crippen LogP contribution in [-0.2, 0) is 17.9 Å². The first-order valence-electron chi connectivity index (χ1n) is 6.19. The Balaban J connectivity index is 1.96. The van der Waals surface area contributed by atoms with Gasteiger partial charge in [0.2, 0.25) is 5.91 Å². The topological polar surface area (TPSA) is 67.1 Å². The van der Waals surface area contributed by atoms with E-state index in [9.17, 15) is 4.79 Å². The standard InChI is InChI=1S/C13H18ClN3O/c14-11-4-3-9(7-15)10(6-11)8-17-13(18)12-2-1-5-16-12/h3-4,6,12,16H,1-2,5,7-8,15H2,(H,17,18)/t12-/m0/s1. The molecule has 0 radical (unpaired) electrons. The summed E-state index contributed by atoms with van der Waals surface area (Å²) in [4.78, 5) is 11.9. The lowest BCUT2D eigenvalue weighted by Gasteiger charge is -2.13. The van der Waals surface area contributed by atoms with Crippen LogP contribution in [0.15, 0.2) is 18.2 Å². The molecule has 2 rings (SSSR count). The first-order chi connectivity index (χ1) is 8.70. The molecule has 1 atom stereocenters. The first kappa shape index (κ1) is 13.3. The predicted molar refractivity (Wildman–Crippen MR) is 72.2 cm³/mol. The molecular weight excluding hydrogens is 250 g/mol. The van der Waals surface area contributed by atoms with Crippen LogP contribution in [0.5, 0.6) is 0 Å². The van der Waals surface area contributed by atoms with Gasteiger partial charge in [-0.2, -0.15) is 0 Å². The molecule has 1 heterocycles. The molecule has 1 aromatic carbocycles. The van der Waals surface area contributed by atoms with E-state index in [1.54, 1.807) is 0 Å². The molecule has 0 saturated carbocycles. The summed E-state index contributed by atoms with van der Waals surface area (Å²) in [5.74, 6) is 0.0513. The zero-order valence-corrected chi connectivity index (χ0v) is 11.0. The fourth-order valence-corrected chi connectivity index (χ4v) is 2.37. The van der Waals surface area contributed by atoms with E-state index in [-0.39, 0.29) is 11.9 Å². The lowest BCUT2D eigenvalue weighted by Crippen LogP contribution is -2.40. The molecule has 4 nitrogen and oxygen atoms in total. The number of halogens is 1. The summed E-state index contributed by atoms with van der Waals surface area (Å²) in [7, 11) is 0. The van der Waals surface area contributed by atoms with Gasteiger partial charge in [-0.05, 0) is 42.6 Å². The number of amides is 1. The predicted octanol–water partition coefficient (Wildman–Crippen LogP) is 1.17. The van der Waals surface area contributed by atoms with Gasteiger partial charge in [-0.25, -0.2) is 0 Å². The van der Waals surface area contributed by atoms with Crippen molar-refractivity contribution >= 4 is 17.5 Å². The molecule has 0 aliphatic carbocycles. The molecule has 1 aliphatic heterocycles. The minimum Gasteiger partial charge on any atom is -0.351 e. The summed E-state index contributed by atoms with van der Waals surface area (Å²) in [6.45, 7) is 1.84. The summed E-state index contributed by atoms with van der Waals surface area (Å²) in [5, 5.41) is 6.76. The van der Waals surface area contributed by atoms with Crippen LogP contribution in [0.2, 0.25) is 5.02 Å². The molecule has 5 heteroatoms. The van der Waals surface area contributed by atoms with Crippen molar-refractivity contribution in [1.82, 2.24) is 10.6 Å². The van der Waals surface area contributed by atoms with Crippen LogP contribution in [0, 0.1) is 0 Å². The summed E-state index contributed by atoms with van der Waals surface area (Å²) in [6, 6.07) is 5.52. The maximum atomic E-state index is 11.9. The summed E-state index contributed by atoms with van der Waals surface area (Å²) in [6.07, 6.45) is 1.97. The lowest BCUT2D eigenvalue weighted by atomic mass is 10.1. The third kappa shape index (κ3) is 3.22. The molecule has 98 valence electrons. The monoisotopic (exact) mass is 267 g/mol. The second-order valence-corrected chi connectivity index (χ2v) is 4.92. The van der Waals surface area contributed by atoms with Gasteiger partial charge in [0.1, 0.15) is 0 Å². The number of rotatable bonds is 4. The molecule has 0 unspecified atom stereocenters. The summed E-state index contributed by atoms with van der Waals surface area (Å²) >= 11 is 5.95. The highest BCUT2D eigenvalue weighted by Crippen LogP contribution is 2.16. The largest absolute Gasteiger partial charge is 0.351 e. The Bertz CT molecular complexity index is 430. The van der Waals surface area contributed by atoms with Crippen LogP contribution in [0.4, 0.5) is 0 Å². The van der Waals surface area contributed by atoms with Gasteiger partial charge in [0.15, 0.2) is 0 Å². The Hall–Kier alpha value is -1.10. The summed E-state index contributed by atoms with van der Waals surface area (Å²) < 4.78 is 0. The number of hydrogen-bond acceptors (Lipinski definition) is 3. The van der Waals surface area contributed by atoms with E-state index in [4.69, 9.17) is 17.3 Å². The van der Waals surface area contributed by atoms with Gasteiger partial charge in [-0.3, -0.25) is 4.79 Å². The summed E-state index contributed by atoms with van der Waals surface area (Å²) in [5.41, 5.74) is 7.66. The van der Waals surface area contributed by atoms with Crippen LogP contribution < -0.4 is 16.4 Å². The highest BCUT2D eigenvalue weighted by molar-refractivity contribution is 6.30. The van der Waals surface area contributed by atoms with Gasteiger partial charge in [-0.1, -0.05) is 17.7 Å². The molecule has 0 spiro atoms. The molecule has 0 aromatic heterocycles. The normalized spacial score (nSPS) is 18.9. The molecular formula is C13H18ClN3O.